The SMILES string of the molecule is COc1ccc2c(c1OC)-c1c(OCc3ccccc3)ccc(OC)c1C2=O. The Morgan fingerprint density at radius 1 is 0.679 bits per heavy atom. The maximum Gasteiger partial charge on any atom is 0.198 e. The van der Waals surface area contributed by atoms with Gasteiger partial charge in [0.15, 0.2) is 17.3 Å². The normalized spacial score (nSPS) is 11.6. The number of carbonyl (C=O) groups excluding carboxylic acids is 1. The highest BCUT2D eigenvalue weighted by atomic mass is 16.5. The molecular formula is C23H20O5. The van der Waals surface area contributed by atoms with Crippen LogP contribution in [0.3, 0.4) is 0 Å². The summed E-state index contributed by atoms with van der Waals surface area (Å²) in [5.74, 6) is 2.04. The van der Waals surface area contributed by atoms with Crippen LogP contribution in [0.15, 0.2) is 54.6 Å². The summed E-state index contributed by atoms with van der Waals surface area (Å²) in [5, 5.41) is 0. The second kappa shape index (κ2) is 7.27. The number of ether oxygens (including phenoxy) is 4. The number of ketones is 1. The van der Waals surface area contributed by atoms with Gasteiger partial charge >= 0.3 is 0 Å². The molecule has 4 rings (SSSR count). The van der Waals surface area contributed by atoms with E-state index >= 15 is 0 Å². The van der Waals surface area contributed by atoms with E-state index in [9.17, 15) is 4.79 Å². The van der Waals surface area contributed by atoms with Crippen LogP contribution < -0.4 is 18.9 Å². The molecule has 0 aliphatic heterocycles. The zero-order valence-corrected chi connectivity index (χ0v) is 15.9. The van der Waals surface area contributed by atoms with E-state index in [0.717, 1.165) is 5.56 Å². The van der Waals surface area contributed by atoms with Crippen molar-refractivity contribution in [3.63, 3.8) is 0 Å². The summed E-state index contributed by atoms with van der Waals surface area (Å²) in [4.78, 5) is 13.1. The molecule has 0 atom stereocenters. The largest absolute Gasteiger partial charge is 0.496 e. The summed E-state index contributed by atoms with van der Waals surface area (Å²) < 4.78 is 22.6. The number of hydrogen-bond acceptors (Lipinski definition) is 5. The molecule has 0 fully saturated rings. The average molecular weight is 376 g/mol. The lowest BCUT2D eigenvalue weighted by molar-refractivity contribution is 0.104. The first-order valence-electron chi connectivity index (χ1n) is 8.87. The van der Waals surface area contributed by atoms with E-state index in [4.69, 9.17) is 18.9 Å². The Morgan fingerprint density at radius 3 is 2.04 bits per heavy atom. The Labute approximate surface area is 163 Å². The summed E-state index contributed by atoms with van der Waals surface area (Å²) in [7, 11) is 4.68. The van der Waals surface area contributed by atoms with E-state index in [0.29, 0.717) is 51.9 Å². The zero-order chi connectivity index (χ0) is 19.7. The van der Waals surface area contributed by atoms with Crippen molar-refractivity contribution in [2.75, 3.05) is 21.3 Å². The van der Waals surface area contributed by atoms with E-state index in [-0.39, 0.29) is 5.78 Å². The smallest absolute Gasteiger partial charge is 0.198 e. The standard InChI is InChI=1S/C23H20O5/c1-25-16-11-12-17(28-13-14-7-5-4-6-8-14)20-19-15(22(24)21(16)20)9-10-18(26-2)23(19)27-3/h4-12H,13H2,1-3H3. The first-order chi connectivity index (χ1) is 13.7. The fourth-order valence-corrected chi connectivity index (χ4v) is 3.56. The Kier molecular flexibility index (Phi) is 4.65. The van der Waals surface area contributed by atoms with Crippen molar-refractivity contribution in [3.8, 4) is 34.1 Å². The van der Waals surface area contributed by atoms with Crippen LogP contribution in [0.4, 0.5) is 0 Å². The van der Waals surface area contributed by atoms with Gasteiger partial charge in [0.2, 0.25) is 0 Å². The second-order valence-corrected chi connectivity index (χ2v) is 6.34. The van der Waals surface area contributed by atoms with Gasteiger partial charge in [0.25, 0.3) is 0 Å². The maximum atomic E-state index is 13.1. The molecule has 0 amide bonds. The van der Waals surface area contributed by atoms with Crippen molar-refractivity contribution >= 4 is 5.78 Å². The van der Waals surface area contributed by atoms with Gasteiger partial charge in [-0.25, -0.2) is 0 Å². The molecule has 0 heterocycles. The number of methoxy groups -OCH3 is 3. The molecule has 5 nitrogen and oxygen atoms in total. The quantitative estimate of drug-likeness (QED) is 0.496. The van der Waals surface area contributed by atoms with Crippen molar-refractivity contribution in [2.24, 2.45) is 0 Å². The molecule has 1 aliphatic rings. The Morgan fingerprint density at radius 2 is 1.36 bits per heavy atom. The van der Waals surface area contributed by atoms with Gasteiger partial charge in [-0.15, -0.1) is 0 Å². The van der Waals surface area contributed by atoms with Gasteiger partial charge in [0, 0.05) is 16.7 Å². The van der Waals surface area contributed by atoms with E-state index in [1.807, 2.05) is 36.4 Å². The van der Waals surface area contributed by atoms with Gasteiger partial charge in [-0.1, -0.05) is 30.3 Å². The Bertz CT molecular complexity index is 1040. The van der Waals surface area contributed by atoms with Crippen molar-refractivity contribution < 1.29 is 23.7 Å². The summed E-state index contributed by atoms with van der Waals surface area (Å²) in [6.45, 7) is 0.384. The van der Waals surface area contributed by atoms with Gasteiger partial charge in [-0.3, -0.25) is 4.79 Å². The second-order valence-electron chi connectivity index (χ2n) is 6.34. The fourth-order valence-electron chi connectivity index (χ4n) is 3.56. The van der Waals surface area contributed by atoms with Crippen LogP contribution in [0, 0.1) is 0 Å². The highest BCUT2D eigenvalue weighted by Crippen LogP contribution is 2.53. The molecule has 0 saturated carbocycles. The lowest BCUT2D eigenvalue weighted by atomic mass is 10.0. The van der Waals surface area contributed by atoms with Gasteiger partial charge in [-0.05, 0) is 29.8 Å². The fraction of sp³-hybridized carbons (Fsp3) is 0.174. The van der Waals surface area contributed by atoms with Crippen LogP contribution in [0.2, 0.25) is 0 Å². The predicted molar refractivity (Wildman–Crippen MR) is 106 cm³/mol. The Balaban J connectivity index is 1.89. The molecule has 0 aromatic heterocycles. The molecule has 28 heavy (non-hydrogen) atoms. The molecule has 0 bridgehead atoms. The number of rotatable bonds is 6. The molecule has 0 radical (unpaired) electrons. The lowest BCUT2D eigenvalue weighted by Gasteiger charge is -2.16. The molecule has 1 aliphatic carbocycles. The van der Waals surface area contributed by atoms with E-state index in [1.54, 1.807) is 39.5 Å². The zero-order valence-electron chi connectivity index (χ0n) is 15.9. The van der Waals surface area contributed by atoms with Crippen LogP contribution in [-0.2, 0) is 6.61 Å². The Hall–Kier alpha value is -3.47. The third-order valence-corrected chi connectivity index (χ3v) is 4.85. The van der Waals surface area contributed by atoms with E-state index < -0.39 is 0 Å². The summed E-state index contributed by atoms with van der Waals surface area (Å²) in [6.07, 6.45) is 0. The van der Waals surface area contributed by atoms with Gasteiger partial charge in [0.05, 0.1) is 26.9 Å². The molecule has 0 N–H and O–H groups in total. The number of carbonyl (C=O) groups is 1. The monoisotopic (exact) mass is 376 g/mol. The van der Waals surface area contributed by atoms with Gasteiger partial charge in [-0.2, -0.15) is 0 Å². The molecule has 5 heteroatoms. The molecule has 3 aromatic rings. The van der Waals surface area contributed by atoms with E-state index in [1.165, 1.54) is 0 Å². The minimum absolute atomic E-state index is 0.118. The highest BCUT2D eigenvalue weighted by Gasteiger charge is 2.36. The predicted octanol–water partition coefficient (Wildman–Crippen LogP) is 4.50. The molecule has 3 aromatic carbocycles. The first-order valence-corrected chi connectivity index (χ1v) is 8.87. The highest BCUT2D eigenvalue weighted by molar-refractivity contribution is 6.25. The van der Waals surface area contributed by atoms with Crippen molar-refractivity contribution in [1.82, 2.24) is 0 Å². The topological polar surface area (TPSA) is 54.0 Å². The van der Waals surface area contributed by atoms with Crippen molar-refractivity contribution in [1.29, 1.82) is 0 Å². The van der Waals surface area contributed by atoms with Crippen LogP contribution in [0.25, 0.3) is 11.1 Å². The van der Waals surface area contributed by atoms with Gasteiger partial charge < -0.3 is 18.9 Å². The van der Waals surface area contributed by atoms with Gasteiger partial charge in [0.1, 0.15) is 18.1 Å². The first kappa shape index (κ1) is 17.9. The molecule has 0 unspecified atom stereocenters. The lowest BCUT2D eigenvalue weighted by Crippen LogP contribution is -2.01. The molecule has 0 saturated heterocycles. The van der Waals surface area contributed by atoms with Crippen LogP contribution in [-0.4, -0.2) is 27.1 Å². The van der Waals surface area contributed by atoms with Crippen LogP contribution in [0.5, 0.6) is 23.0 Å². The third-order valence-electron chi connectivity index (χ3n) is 4.85. The number of fused-ring (bicyclic) bond motifs is 3. The summed E-state index contributed by atoms with van der Waals surface area (Å²) in [5.41, 5.74) is 3.40. The minimum Gasteiger partial charge on any atom is -0.496 e. The molecular weight excluding hydrogens is 356 g/mol. The number of hydrogen-bond donors (Lipinski definition) is 0. The molecule has 0 spiro atoms. The summed E-state index contributed by atoms with van der Waals surface area (Å²) in [6, 6.07) is 16.9. The molecule has 142 valence electrons. The minimum atomic E-state index is -0.118. The third kappa shape index (κ3) is 2.76. The van der Waals surface area contributed by atoms with E-state index in [2.05, 4.69) is 0 Å². The van der Waals surface area contributed by atoms with Crippen molar-refractivity contribution in [3.05, 3.63) is 71.3 Å². The number of benzene rings is 3. The average Bonchev–Trinajstić information content (AvgIpc) is 3.05. The maximum absolute atomic E-state index is 13.1. The van der Waals surface area contributed by atoms with Crippen LogP contribution >= 0.6 is 0 Å². The summed E-state index contributed by atoms with van der Waals surface area (Å²) >= 11 is 0. The van der Waals surface area contributed by atoms with Crippen molar-refractivity contribution in [2.45, 2.75) is 6.61 Å². The van der Waals surface area contributed by atoms with Crippen LogP contribution in [0.1, 0.15) is 21.5 Å².